The second-order valence-electron chi connectivity index (χ2n) is 8.82. The lowest BCUT2D eigenvalue weighted by atomic mass is 10.0. The van der Waals surface area contributed by atoms with Crippen LogP contribution < -0.4 is 15.6 Å². The predicted molar refractivity (Wildman–Crippen MR) is 135 cm³/mol. The van der Waals surface area contributed by atoms with Crippen LogP contribution >= 0.6 is 0 Å². The zero-order valence-corrected chi connectivity index (χ0v) is 19.7. The Kier molecular flexibility index (Phi) is 7.67. The minimum Gasteiger partial charge on any atom is -0.506 e. The van der Waals surface area contributed by atoms with Crippen LogP contribution in [-0.4, -0.2) is 34.4 Å². The molecule has 3 aromatic carbocycles. The van der Waals surface area contributed by atoms with Crippen LogP contribution in [0.5, 0.6) is 11.5 Å². The third kappa shape index (κ3) is 6.08. The summed E-state index contributed by atoms with van der Waals surface area (Å²) in [6, 6.07) is 20.6. The van der Waals surface area contributed by atoms with Gasteiger partial charge < -0.3 is 25.3 Å². The summed E-state index contributed by atoms with van der Waals surface area (Å²) in [6.07, 6.45) is -0.208. The Bertz CT molecular complexity index is 1360. The molecule has 0 aliphatic rings. The number of fused-ring (bicyclic) bond motifs is 1. The molecule has 0 spiro atoms. The molecule has 188 valence electrons. The number of ether oxygens (including phenoxy) is 1. The van der Waals surface area contributed by atoms with Crippen molar-refractivity contribution >= 4 is 10.9 Å². The summed E-state index contributed by atoms with van der Waals surface area (Å²) < 4.78 is 33.9. The SMILES string of the molecule is C[C@H](Cc1ccc(OCC(F)(F)c2ccccc2)cc1)NC[C@H](O)c1ccc(O)c2[nH]c(=O)ccc12. The molecule has 8 heteroatoms. The fourth-order valence-electron chi connectivity index (χ4n) is 4.06. The number of nitrogens with one attached hydrogen (secondary N) is 2. The van der Waals surface area contributed by atoms with E-state index >= 15 is 0 Å². The number of alkyl halides is 2. The summed E-state index contributed by atoms with van der Waals surface area (Å²) in [6.45, 7) is 1.49. The van der Waals surface area contributed by atoms with Crippen molar-refractivity contribution in [2.24, 2.45) is 0 Å². The zero-order valence-electron chi connectivity index (χ0n) is 19.7. The molecule has 1 aromatic heterocycles. The molecule has 0 amide bonds. The normalized spacial score (nSPS) is 13.4. The second-order valence-corrected chi connectivity index (χ2v) is 8.82. The van der Waals surface area contributed by atoms with E-state index in [0.29, 0.717) is 23.1 Å². The number of halogens is 2. The fraction of sp³-hybridized carbons (Fsp3) is 0.250. The van der Waals surface area contributed by atoms with Gasteiger partial charge in [0.2, 0.25) is 5.56 Å². The van der Waals surface area contributed by atoms with Gasteiger partial charge in [-0.3, -0.25) is 4.79 Å². The molecule has 36 heavy (non-hydrogen) atoms. The number of rotatable bonds is 10. The summed E-state index contributed by atoms with van der Waals surface area (Å²) in [7, 11) is 0. The average molecular weight is 495 g/mol. The van der Waals surface area contributed by atoms with Crippen molar-refractivity contribution in [2.45, 2.75) is 31.4 Å². The van der Waals surface area contributed by atoms with Gasteiger partial charge in [0.15, 0.2) is 6.61 Å². The molecule has 0 bridgehead atoms. The van der Waals surface area contributed by atoms with Crippen LogP contribution in [0.2, 0.25) is 0 Å². The van der Waals surface area contributed by atoms with Crippen LogP contribution in [0, 0.1) is 0 Å². The highest BCUT2D eigenvalue weighted by atomic mass is 19.3. The molecule has 0 fully saturated rings. The van der Waals surface area contributed by atoms with Crippen molar-refractivity contribution in [2.75, 3.05) is 13.2 Å². The van der Waals surface area contributed by atoms with E-state index < -0.39 is 18.6 Å². The third-order valence-corrected chi connectivity index (χ3v) is 6.01. The molecular formula is C28H28F2N2O4. The van der Waals surface area contributed by atoms with E-state index in [9.17, 15) is 23.8 Å². The lowest BCUT2D eigenvalue weighted by molar-refractivity contribution is -0.0467. The number of aliphatic hydroxyl groups is 1. The highest BCUT2D eigenvalue weighted by molar-refractivity contribution is 5.87. The van der Waals surface area contributed by atoms with Crippen LogP contribution in [0.1, 0.15) is 29.7 Å². The maximum absolute atomic E-state index is 14.3. The number of H-pyrrole nitrogens is 1. The number of pyridine rings is 1. The van der Waals surface area contributed by atoms with Gasteiger partial charge in [-0.1, -0.05) is 48.5 Å². The number of aromatic nitrogens is 1. The van der Waals surface area contributed by atoms with Gasteiger partial charge >= 0.3 is 5.92 Å². The van der Waals surface area contributed by atoms with Crippen molar-refractivity contribution in [1.82, 2.24) is 10.3 Å². The number of phenolic OH excluding ortho intramolecular Hbond substituents is 1. The number of hydrogen-bond donors (Lipinski definition) is 4. The monoisotopic (exact) mass is 494 g/mol. The van der Waals surface area contributed by atoms with Crippen molar-refractivity contribution in [3.05, 3.63) is 106 Å². The molecule has 4 rings (SSSR count). The van der Waals surface area contributed by atoms with Gasteiger partial charge in [0.25, 0.3) is 0 Å². The average Bonchev–Trinajstić information content (AvgIpc) is 2.88. The standard InChI is InChI=1S/C28H28F2N2O4/c1-18(31-16-25(34)22-11-13-24(33)27-23(22)12-14-26(35)32-27)15-19-7-9-21(10-8-19)36-17-28(29,30)20-5-3-2-4-6-20/h2-14,18,25,31,33-34H,15-17H2,1H3,(H,32,35)/t18-,25+/m1/s1. The van der Waals surface area contributed by atoms with Gasteiger partial charge in [-0.05, 0) is 48.7 Å². The molecule has 4 N–H and O–H groups in total. The molecule has 1 heterocycles. The van der Waals surface area contributed by atoms with Gasteiger partial charge in [0.05, 0.1) is 11.6 Å². The number of aliphatic hydroxyl groups excluding tert-OH is 1. The highest BCUT2D eigenvalue weighted by Gasteiger charge is 2.32. The summed E-state index contributed by atoms with van der Waals surface area (Å²) >= 11 is 0. The van der Waals surface area contributed by atoms with E-state index in [0.717, 1.165) is 5.56 Å². The third-order valence-electron chi connectivity index (χ3n) is 6.01. The smallest absolute Gasteiger partial charge is 0.306 e. The second kappa shape index (κ2) is 10.9. The number of hydrogen-bond acceptors (Lipinski definition) is 5. The quantitative estimate of drug-likeness (QED) is 0.257. The molecule has 0 aliphatic heterocycles. The molecule has 2 atom stereocenters. The molecule has 0 saturated heterocycles. The Balaban J connectivity index is 1.30. The van der Waals surface area contributed by atoms with Crippen LogP contribution in [0.4, 0.5) is 8.78 Å². The van der Waals surface area contributed by atoms with Crippen LogP contribution in [0.15, 0.2) is 83.7 Å². The number of benzene rings is 3. The van der Waals surface area contributed by atoms with E-state index in [1.807, 2.05) is 19.1 Å². The van der Waals surface area contributed by atoms with Gasteiger partial charge in [0, 0.05) is 29.6 Å². The van der Waals surface area contributed by atoms with E-state index in [1.165, 1.54) is 24.3 Å². The Hall–Kier alpha value is -3.75. The molecule has 0 unspecified atom stereocenters. The van der Waals surface area contributed by atoms with Crippen LogP contribution in [0.3, 0.4) is 0 Å². The molecule has 6 nitrogen and oxygen atoms in total. The lowest BCUT2D eigenvalue weighted by Gasteiger charge is -2.19. The lowest BCUT2D eigenvalue weighted by Crippen LogP contribution is -2.32. The minimum absolute atomic E-state index is 0.0111. The Morgan fingerprint density at radius 3 is 2.44 bits per heavy atom. The molecular weight excluding hydrogens is 466 g/mol. The topological polar surface area (TPSA) is 94.6 Å². The summed E-state index contributed by atoms with van der Waals surface area (Å²) in [5.41, 5.74) is 1.44. The molecule has 0 aliphatic carbocycles. The van der Waals surface area contributed by atoms with E-state index in [-0.39, 0.29) is 35.0 Å². The first-order valence-electron chi connectivity index (χ1n) is 11.6. The Morgan fingerprint density at radius 2 is 1.72 bits per heavy atom. The van der Waals surface area contributed by atoms with Crippen molar-refractivity contribution < 1.29 is 23.7 Å². The predicted octanol–water partition coefficient (Wildman–Crippen LogP) is 4.66. The maximum atomic E-state index is 14.3. The van der Waals surface area contributed by atoms with Gasteiger partial charge in [-0.15, -0.1) is 0 Å². The fourth-order valence-corrected chi connectivity index (χ4v) is 4.06. The van der Waals surface area contributed by atoms with Gasteiger partial charge in [0.1, 0.15) is 11.5 Å². The largest absolute Gasteiger partial charge is 0.506 e. The molecule has 4 aromatic rings. The Morgan fingerprint density at radius 1 is 1.00 bits per heavy atom. The maximum Gasteiger partial charge on any atom is 0.306 e. The van der Waals surface area contributed by atoms with E-state index in [2.05, 4.69) is 10.3 Å². The summed E-state index contributed by atoms with van der Waals surface area (Å²) in [5, 5.41) is 24.6. The summed E-state index contributed by atoms with van der Waals surface area (Å²) in [4.78, 5) is 14.2. The molecule has 0 saturated carbocycles. The number of aromatic hydroxyl groups is 1. The van der Waals surface area contributed by atoms with Crippen molar-refractivity contribution in [3.8, 4) is 11.5 Å². The van der Waals surface area contributed by atoms with E-state index in [1.54, 1.807) is 42.5 Å². The first-order valence-corrected chi connectivity index (χ1v) is 11.6. The van der Waals surface area contributed by atoms with Crippen molar-refractivity contribution in [1.29, 1.82) is 0 Å². The number of aromatic amines is 1. The number of phenols is 1. The first-order chi connectivity index (χ1) is 17.2. The van der Waals surface area contributed by atoms with Crippen LogP contribution in [0.25, 0.3) is 10.9 Å². The van der Waals surface area contributed by atoms with Gasteiger partial charge in [-0.25, -0.2) is 0 Å². The zero-order chi connectivity index (χ0) is 25.7. The van der Waals surface area contributed by atoms with Crippen molar-refractivity contribution in [3.63, 3.8) is 0 Å². The highest BCUT2D eigenvalue weighted by Crippen LogP contribution is 2.30. The van der Waals surface area contributed by atoms with Gasteiger partial charge in [-0.2, -0.15) is 8.78 Å². The minimum atomic E-state index is -3.09. The first kappa shape index (κ1) is 25.3. The van der Waals surface area contributed by atoms with E-state index in [4.69, 9.17) is 4.74 Å². The van der Waals surface area contributed by atoms with Crippen LogP contribution in [-0.2, 0) is 12.3 Å². The summed E-state index contributed by atoms with van der Waals surface area (Å²) in [5.74, 6) is -2.78. The molecule has 0 radical (unpaired) electrons. The Labute approximate surface area is 207 Å².